The number of carbonyl (C=O) groups is 2. The van der Waals surface area contributed by atoms with Crippen LogP contribution in [0.25, 0.3) is 0 Å². The molecule has 154 valence electrons. The maximum Gasteiger partial charge on any atom is 0.266 e. The number of carbonyl (C=O) groups excluding carboxylic acids is 2. The molecular formula is C22H31ClN2O3. The molecule has 0 bridgehead atoms. The smallest absolute Gasteiger partial charge is 0.266 e. The zero-order valence-corrected chi connectivity index (χ0v) is 18.5. The molecule has 1 aromatic rings. The average Bonchev–Trinajstić information content (AvgIpc) is 3.01. The molecule has 1 saturated heterocycles. The molecule has 2 aliphatic rings. The summed E-state index contributed by atoms with van der Waals surface area (Å²) in [5.41, 5.74) is 0.880. The molecule has 5 nitrogen and oxygen atoms in total. The van der Waals surface area contributed by atoms with Crippen LogP contribution in [0.2, 0.25) is 5.02 Å². The van der Waals surface area contributed by atoms with Crippen molar-refractivity contribution in [3.05, 3.63) is 28.3 Å². The Kier molecular flexibility index (Phi) is 5.68. The highest BCUT2D eigenvalue weighted by atomic mass is 35.5. The first-order valence-corrected chi connectivity index (χ1v) is 10.3. The predicted octanol–water partition coefficient (Wildman–Crippen LogP) is 3.83. The minimum Gasteiger partial charge on any atom is -0.478 e. The molecule has 28 heavy (non-hydrogen) atoms. The number of likely N-dealkylation sites (N-methyl/N-ethyl adjacent to an activating group) is 1. The molecule has 0 unspecified atom stereocenters. The van der Waals surface area contributed by atoms with Gasteiger partial charge in [0, 0.05) is 38.1 Å². The van der Waals surface area contributed by atoms with E-state index in [4.69, 9.17) is 16.3 Å². The number of benzene rings is 1. The summed E-state index contributed by atoms with van der Waals surface area (Å²) in [6.45, 7) is 8.28. The van der Waals surface area contributed by atoms with Crippen LogP contribution >= 0.6 is 11.6 Å². The van der Waals surface area contributed by atoms with E-state index in [2.05, 4.69) is 0 Å². The maximum absolute atomic E-state index is 13.2. The van der Waals surface area contributed by atoms with E-state index >= 15 is 0 Å². The van der Waals surface area contributed by atoms with E-state index in [1.54, 1.807) is 0 Å². The molecule has 1 saturated carbocycles. The number of rotatable bonds is 4. The van der Waals surface area contributed by atoms with Gasteiger partial charge in [-0.2, -0.15) is 0 Å². The van der Waals surface area contributed by atoms with E-state index in [0.717, 1.165) is 35.5 Å². The third-order valence-corrected chi connectivity index (χ3v) is 6.95. The van der Waals surface area contributed by atoms with Gasteiger partial charge in [-0.15, -0.1) is 0 Å². The van der Waals surface area contributed by atoms with Crippen LogP contribution in [0.4, 0.5) is 0 Å². The van der Waals surface area contributed by atoms with Gasteiger partial charge in [-0.1, -0.05) is 11.6 Å². The molecule has 0 spiro atoms. The third-order valence-electron chi connectivity index (χ3n) is 6.35. The van der Waals surface area contributed by atoms with Crippen molar-refractivity contribution in [2.24, 2.45) is 11.8 Å². The van der Waals surface area contributed by atoms with E-state index in [1.165, 1.54) is 0 Å². The van der Waals surface area contributed by atoms with Gasteiger partial charge in [-0.25, -0.2) is 0 Å². The zero-order chi connectivity index (χ0) is 20.8. The monoisotopic (exact) mass is 406 g/mol. The van der Waals surface area contributed by atoms with E-state index in [-0.39, 0.29) is 17.9 Å². The van der Waals surface area contributed by atoms with Gasteiger partial charge in [0.15, 0.2) is 5.60 Å². The molecule has 1 aliphatic carbocycles. The summed E-state index contributed by atoms with van der Waals surface area (Å²) in [4.78, 5) is 28.9. The second-order valence-electron chi connectivity index (χ2n) is 9.02. The number of piperidine rings is 1. The number of likely N-dealkylation sites (tertiary alicyclic amines) is 1. The fourth-order valence-corrected chi connectivity index (χ4v) is 4.81. The zero-order valence-electron chi connectivity index (χ0n) is 17.7. The number of hydrogen-bond donors (Lipinski definition) is 0. The van der Waals surface area contributed by atoms with Gasteiger partial charge in [-0.05, 0) is 75.6 Å². The Morgan fingerprint density at radius 2 is 1.79 bits per heavy atom. The first kappa shape index (κ1) is 21.0. The molecule has 0 radical (unpaired) electrons. The Morgan fingerprint density at radius 1 is 1.21 bits per heavy atom. The second-order valence-corrected chi connectivity index (χ2v) is 9.40. The van der Waals surface area contributed by atoms with Gasteiger partial charge in [-0.3, -0.25) is 9.59 Å². The third kappa shape index (κ3) is 4.00. The Hall–Kier alpha value is -1.75. The van der Waals surface area contributed by atoms with Crippen LogP contribution < -0.4 is 4.74 Å². The number of fused-ring (bicyclic) bond motifs is 1. The fraction of sp³-hybridized carbons (Fsp3) is 0.636. The Bertz CT molecular complexity index is 769. The van der Waals surface area contributed by atoms with Crippen LogP contribution in [0.3, 0.4) is 0 Å². The summed E-state index contributed by atoms with van der Waals surface area (Å²) in [5.74, 6) is 1.69. The molecule has 1 aromatic carbocycles. The molecular weight excluding hydrogens is 376 g/mol. The normalized spacial score (nSPS) is 24.9. The predicted molar refractivity (Wildman–Crippen MR) is 111 cm³/mol. The maximum atomic E-state index is 13.2. The Balaban J connectivity index is 1.69. The van der Waals surface area contributed by atoms with Crippen molar-refractivity contribution in [3.8, 4) is 5.75 Å². The van der Waals surface area contributed by atoms with Gasteiger partial charge >= 0.3 is 0 Å². The minimum absolute atomic E-state index is 0.0407. The SMILES string of the molecule is Cc1cc(OC(C)(C)C(=O)N(C)[C@@H]2C[C@@H]3CC(=O)N(C)C[C@@H]3C2)cc(C)c1Cl. The minimum atomic E-state index is -0.984. The highest BCUT2D eigenvalue weighted by Crippen LogP contribution is 2.40. The van der Waals surface area contributed by atoms with Crippen molar-refractivity contribution in [2.45, 2.75) is 58.6 Å². The topological polar surface area (TPSA) is 49.9 Å². The molecule has 0 aromatic heterocycles. The summed E-state index contributed by atoms with van der Waals surface area (Å²) in [5, 5.41) is 0.724. The van der Waals surface area contributed by atoms with Crippen LogP contribution in [-0.4, -0.2) is 53.9 Å². The molecule has 2 fully saturated rings. The first-order chi connectivity index (χ1) is 13.0. The lowest BCUT2D eigenvalue weighted by Gasteiger charge is -2.34. The van der Waals surface area contributed by atoms with E-state index in [1.807, 2.05) is 63.7 Å². The standard InChI is InChI=1S/C22H31ClN2O3/c1-13-7-18(8-14(2)20(13)23)28-22(3,4)21(27)25(6)17-9-15-11-19(26)24(5)12-16(15)10-17/h7-8,15-17H,9-12H2,1-6H3/t15-,16+,17-/m1/s1. The van der Waals surface area contributed by atoms with Crippen molar-refractivity contribution in [2.75, 3.05) is 20.6 Å². The summed E-state index contributed by atoms with van der Waals surface area (Å²) >= 11 is 6.24. The van der Waals surface area contributed by atoms with E-state index in [9.17, 15) is 9.59 Å². The van der Waals surface area contributed by atoms with Crippen molar-refractivity contribution in [1.82, 2.24) is 9.80 Å². The van der Waals surface area contributed by atoms with Crippen molar-refractivity contribution in [3.63, 3.8) is 0 Å². The highest BCUT2D eigenvalue weighted by Gasteiger charge is 2.44. The second kappa shape index (κ2) is 7.58. The molecule has 3 rings (SSSR count). The summed E-state index contributed by atoms with van der Waals surface area (Å²) < 4.78 is 6.10. The van der Waals surface area contributed by atoms with Gasteiger partial charge in [0.05, 0.1) is 0 Å². The van der Waals surface area contributed by atoms with Gasteiger partial charge < -0.3 is 14.5 Å². The largest absolute Gasteiger partial charge is 0.478 e. The summed E-state index contributed by atoms with van der Waals surface area (Å²) in [7, 11) is 3.73. The van der Waals surface area contributed by atoms with Crippen LogP contribution in [0.5, 0.6) is 5.75 Å². The summed E-state index contributed by atoms with van der Waals surface area (Å²) in [6, 6.07) is 3.89. The number of amides is 2. The van der Waals surface area contributed by atoms with Crippen LogP contribution in [0, 0.1) is 25.7 Å². The molecule has 2 amide bonds. The van der Waals surface area contributed by atoms with E-state index in [0.29, 0.717) is 24.0 Å². The van der Waals surface area contributed by atoms with Crippen LogP contribution in [0.15, 0.2) is 12.1 Å². The lowest BCUT2D eigenvalue weighted by Crippen LogP contribution is -2.50. The molecule has 0 N–H and O–H groups in total. The summed E-state index contributed by atoms with van der Waals surface area (Å²) in [6.07, 6.45) is 2.43. The van der Waals surface area contributed by atoms with Crippen LogP contribution in [0.1, 0.15) is 44.2 Å². The number of ether oxygens (including phenoxy) is 1. The first-order valence-electron chi connectivity index (χ1n) is 9.96. The van der Waals surface area contributed by atoms with Gasteiger partial charge in [0.1, 0.15) is 5.75 Å². The molecule has 3 atom stereocenters. The fourth-order valence-electron chi connectivity index (χ4n) is 4.70. The quantitative estimate of drug-likeness (QED) is 0.763. The number of aryl methyl sites for hydroxylation is 2. The molecule has 6 heteroatoms. The molecule has 1 aliphatic heterocycles. The number of nitrogens with zero attached hydrogens (tertiary/aromatic N) is 2. The van der Waals surface area contributed by atoms with Crippen molar-refractivity contribution in [1.29, 1.82) is 0 Å². The number of halogens is 1. The van der Waals surface area contributed by atoms with Crippen molar-refractivity contribution >= 4 is 23.4 Å². The van der Waals surface area contributed by atoms with Crippen LogP contribution in [-0.2, 0) is 9.59 Å². The highest BCUT2D eigenvalue weighted by molar-refractivity contribution is 6.32. The van der Waals surface area contributed by atoms with Gasteiger partial charge in [0.25, 0.3) is 5.91 Å². The average molecular weight is 407 g/mol. The molecule has 1 heterocycles. The lowest BCUT2D eigenvalue weighted by atomic mass is 9.88. The van der Waals surface area contributed by atoms with Gasteiger partial charge in [0.2, 0.25) is 5.91 Å². The number of hydrogen-bond acceptors (Lipinski definition) is 3. The van der Waals surface area contributed by atoms with E-state index < -0.39 is 5.60 Å². The van der Waals surface area contributed by atoms with Crippen molar-refractivity contribution < 1.29 is 14.3 Å². The Morgan fingerprint density at radius 3 is 2.39 bits per heavy atom. The lowest BCUT2D eigenvalue weighted by molar-refractivity contribution is -0.146. The Labute approximate surface area is 173 Å².